The standard InChI is InChI=1S/C14H24N4O2/c1-17-14-12(10-19-2)8-18(9-13(14)15-16-17)7-11-3-5-20-6-4-11/h11-12H,3-10H2,1-2H3/t12-/m0/s1. The van der Waals surface area contributed by atoms with Crippen LogP contribution in [0.2, 0.25) is 0 Å². The molecule has 2 aliphatic heterocycles. The minimum absolute atomic E-state index is 0.378. The van der Waals surface area contributed by atoms with Gasteiger partial charge in [0.05, 0.1) is 12.3 Å². The summed E-state index contributed by atoms with van der Waals surface area (Å²) >= 11 is 0. The molecule has 1 aromatic rings. The maximum atomic E-state index is 5.44. The lowest BCUT2D eigenvalue weighted by atomic mass is 9.95. The van der Waals surface area contributed by atoms with Gasteiger partial charge in [0.25, 0.3) is 0 Å². The SMILES string of the molecule is COC[C@@H]1CN(CC2CCOCC2)Cc2nnn(C)c21. The van der Waals surface area contributed by atoms with Crippen molar-refractivity contribution in [1.82, 2.24) is 19.9 Å². The summed E-state index contributed by atoms with van der Waals surface area (Å²) in [6.45, 7) is 5.66. The normalized spacial score (nSPS) is 24.8. The summed E-state index contributed by atoms with van der Waals surface area (Å²) in [7, 11) is 3.74. The lowest BCUT2D eigenvalue weighted by molar-refractivity contribution is 0.0456. The van der Waals surface area contributed by atoms with Crippen LogP contribution in [0.4, 0.5) is 0 Å². The average molecular weight is 280 g/mol. The Morgan fingerprint density at radius 2 is 2.15 bits per heavy atom. The molecule has 2 aliphatic rings. The molecular weight excluding hydrogens is 256 g/mol. The Hall–Kier alpha value is -0.980. The van der Waals surface area contributed by atoms with Crippen LogP contribution in [-0.2, 0) is 23.1 Å². The average Bonchev–Trinajstić information content (AvgIpc) is 2.82. The Balaban J connectivity index is 1.69. The van der Waals surface area contributed by atoms with Crippen molar-refractivity contribution in [3.63, 3.8) is 0 Å². The molecule has 3 heterocycles. The second-order valence-electron chi connectivity index (χ2n) is 5.95. The Morgan fingerprint density at radius 3 is 2.90 bits per heavy atom. The van der Waals surface area contributed by atoms with E-state index in [9.17, 15) is 0 Å². The fourth-order valence-corrected chi connectivity index (χ4v) is 3.46. The molecule has 1 fully saturated rings. The van der Waals surface area contributed by atoms with Gasteiger partial charge in [-0.15, -0.1) is 5.10 Å². The van der Waals surface area contributed by atoms with Crippen LogP contribution in [0, 0.1) is 5.92 Å². The molecule has 6 heteroatoms. The molecule has 0 N–H and O–H groups in total. The van der Waals surface area contributed by atoms with Crippen molar-refractivity contribution < 1.29 is 9.47 Å². The lowest BCUT2D eigenvalue weighted by Gasteiger charge is -2.35. The van der Waals surface area contributed by atoms with Gasteiger partial charge < -0.3 is 9.47 Å². The number of aromatic nitrogens is 3. The number of methoxy groups -OCH3 is 1. The molecule has 1 aromatic heterocycles. The molecule has 20 heavy (non-hydrogen) atoms. The van der Waals surface area contributed by atoms with Crippen molar-refractivity contribution in [2.45, 2.75) is 25.3 Å². The van der Waals surface area contributed by atoms with E-state index < -0.39 is 0 Å². The molecule has 1 atom stereocenters. The summed E-state index contributed by atoms with van der Waals surface area (Å²) in [5.74, 6) is 1.13. The number of rotatable bonds is 4. The van der Waals surface area contributed by atoms with Crippen LogP contribution < -0.4 is 0 Å². The number of hydrogen-bond donors (Lipinski definition) is 0. The van der Waals surface area contributed by atoms with Gasteiger partial charge in [-0.05, 0) is 18.8 Å². The molecule has 0 amide bonds. The predicted molar refractivity (Wildman–Crippen MR) is 74.4 cm³/mol. The molecule has 0 saturated carbocycles. The van der Waals surface area contributed by atoms with E-state index in [1.165, 1.54) is 18.5 Å². The number of nitrogens with zero attached hydrogens (tertiary/aromatic N) is 4. The first-order valence-corrected chi connectivity index (χ1v) is 7.45. The van der Waals surface area contributed by atoms with Gasteiger partial charge in [-0.2, -0.15) is 0 Å². The quantitative estimate of drug-likeness (QED) is 0.816. The van der Waals surface area contributed by atoms with Crippen molar-refractivity contribution >= 4 is 0 Å². The first kappa shape index (κ1) is 14.0. The van der Waals surface area contributed by atoms with Gasteiger partial charge in [-0.3, -0.25) is 9.58 Å². The topological polar surface area (TPSA) is 52.4 Å². The molecule has 0 radical (unpaired) electrons. The van der Waals surface area contributed by atoms with Gasteiger partial charge in [0, 0.05) is 52.9 Å². The van der Waals surface area contributed by atoms with Crippen LogP contribution in [0.3, 0.4) is 0 Å². The van der Waals surface area contributed by atoms with Crippen LogP contribution >= 0.6 is 0 Å². The lowest BCUT2D eigenvalue weighted by Crippen LogP contribution is -2.40. The first-order valence-electron chi connectivity index (χ1n) is 7.45. The Kier molecular flexibility index (Phi) is 4.33. The van der Waals surface area contributed by atoms with Crippen molar-refractivity contribution in [3.05, 3.63) is 11.4 Å². The summed E-state index contributed by atoms with van der Waals surface area (Å²) in [4.78, 5) is 2.51. The third-order valence-electron chi connectivity index (χ3n) is 4.41. The van der Waals surface area contributed by atoms with E-state index in [1.54, 1.807) is 7.11 Å². The van der Waals surface area contributed by atoms with Crippen molar-refractivity contribution in [2.75, 3.05) is 40.0 Å². The Morgan fingerprint density at radius 1 is 1.35 bits per heavy atom. The second-order valence-corrected chi connectivity index (χ2v) is 5.95. The summed E-state index contributed by atoms with van der Waals surface area (Å²) in [6, 6.07) is 0. The van der Waals surface area contributed by atoms with E-state index >= 15 is 0 Å². The van der Waals surface area contributed by atoms with Crippen molar-refractivity contribution in [2.24, 2.45) is 13.0 Å². The van der Waals surface area contributed by atoms with Crippen molar-refractivity contribution in [1.29, 1.82) is 0 Å². The van der Waals surface area contributed by atoms with E-state index in [1.807, 2.05) is 11.7 Å². The highest BCUT2D eigenvalue weighted by molar-refractivity contribution is 5.19. The molecule has 0 bridgehead atoms. The predicted octanol–water partition coefficient (Wildman–Crippen LogP) is 0.787. The van der Waals surface area contributed by atoms with Crippen molar-refractivity contribution in [3.8, 4) is 0 Å². The van der Waals surface area contributed by atoms with Crippen LogP contribution in [0.1, 0.15) is 30.1 Å². The molecule has 112 valence electrons. The number of fused-ring (bicyclic) bond motifs is 1. The molecular formula is C14H24N4O2. The zero-order valence-corrected chi connectivity index (χ0v) is 12.4. The van der Waals surface area contributed by atoms with Gasteiger partial charge in [0.15, 0.2) is 0 Å². The highest BCUT2D eigenvalue weighted by Gasteiger charge is 2.31. The smallest absolute Gasteiger partial charge is 0.100 e. The van der Waals surface area contributed by atoms with E-state index in [0.717, 1.165) is 51.1 Å². The van der Waals surface area contributed by atoms with Crippen LogP contribution in [0.5, 0.6) is 0 Å². The van der Waals surface area contributed by atoms with E-state index in [2.05, 4.69) is 15.2 Å². The molecule has 3 rings (SSSR count). The number of hydrogen-bond acceptors (Lipinski definition) is 5. The van der Waals surface area contributed by atoms with E-state index in [0.29, 0.717) is 5.92 Å². The third-order valence-corrected chi connectivity index (χ3v) is 4.41. The van der Waals surface area contributed by atoms with Gasteiger partial charge in [-0.1, -0.05) is 5.21 Å². The van der Waals surface area contributed by atoms with E-state index in [4.69, 9.17) is 9.47 Å². The highest BCUT2D eigenvalue weighted by atomic mass is 16.5. The minimum Gasteiger partial charge on any atom is -0.384 e. The molecule has 0 aliphatic carbocycles. The maximum absolute atomic E-state index is 5.44. The zero-order valence-electron chi connectivity index (χ0n) is 12.4. The van der Waals surface area contributed by atoms with Gasteiger partial charge in [0.2, 0.25) is 0 Å². The number of aryl methyl sites for hydroxylation is 1. The first-order chi connectivity index (χ1) is 9.78. The Bertz CT molecular complexity index is 442. The summed E-state index contributed by atoms with van der Waals surface area (Å²) < 4.78 is 12.7. The molecule has 1 saturated heterocycles. The summed E-state index contributed by atoms with van der Waals surface area (Å²) in [5, 5.41) is 8.50. The van der Waals surface area contributed by atoms with E-state index in [-0.39, 0.29) is 0 Å². The monoisotopic (exact) mass is 280 g/mol. The summed E-state index contributed by atoms with van der Waals surface area (Å²) in [5.41, 5.74) is 2.36. The minimum atomic E-state index is 0.378. The second kappa shape index (κ2) is 6.20. The summed E-state index contributed by atoms with van der Waals surface area (Å²) in [6.07, 6.45) is 2.36. The fourth-order valence-electron chi connectivity index (χ4n) is 3.46. The van der Waals surface area contributed by atoms with Crippen LogP contribution in [0.15, 0.2) is 0 Å². The molecule has 6 nitrogen and oxygen atoms in total. The van der Waals surface area contributed by atoms with Crippen LogP contribution in [0.25, 0.3) is 0 Å². The maximum Gasteiger partial charge on any atom is 0.100 e. The van der Waals surface area contributed by atoms with Gasteiger partial charge in [-0.25, -0.2) is 0 Å². The third kappa shape index (κ3) is 2.87. The largest absolute Gasteiger partial charge is 0.384 e. The molecule has 0 aromatic carbocycles. The Labute approximate surface area is 120 Å². The highest BCUT2D eigenvalue weighted by Crippen LogP contribution is 2.28. The zero-order chi connectivity index (χ0) is 13.9. The fraction of sp³-hybridized carbons (Fsp3) is 0.857. The number of ether oxygens (including phenoxy) is 2. The van der Waals surface area contributed by atoms with Crippen LogP contribution in [-0.4, -0.2) is 59.9 Å². The molecule has 0 unspecified atom stereocenters. The van der Waals surface area contributed by atoms with Gasteiger partial charge in [0.1, 0.15) is 5.69 Å². The molecule has 0 spiro atoms. The van der Waals surface area contributed by atoms with Gasteiger partial charge >= 0.3 is 0 Å².